The van der Waals surface area contributed by atoms with E-state index in [0.29, 0.717) is 13.0 Å². The van der Waals surface area contributed by atoms with E-state index in [9.17, 15) is 4.79 Å². The number of β-amino-alcohol motifs (C(OH)–C–C–N with tert-alkyl or cyclic N) is 1. The average molecular weight is 185 g/mol. The second kappa shape index (κ2) is 3.27. The van der Waals surface area contributed by atoms with E-state index >= 15 is 0 Å². The van der Waals surface area contributed by atoms with Gasteiger partial charge in [-0.05, 0) is 12.8 Å². The van der Waals surface area contributed by atoms with Crippen molar-refractivity contribution in [3.05, 3.63) is 0 Å². The monoisotopic (exact) mass is 185 g/mol. The lowest BCUT2D eigenvalue weighted by Gasteiger charge is -2.22. The molecule has 1 spiro atoms. The average Bonchev–Trinajstić information content (AvgIpc) is 2.63. The van der Waals surface area contributed by atoms with Crippen molar-refractivity contribution < 1.29 is 14.7 Å². The Morgan fingerprint density at radius 1 is 1.46 bits per heavy atom. The lowest BCUT2D eigenvalue weighted by molar-refractivity contribution is -0.200. The van der Waals surface area contributed by atoms with E-state index in [1.54, 1.807) is 0 Å². The molecule has 1 saturated carbocycles. The van der Waals surface area contributed by atoms with Crippen LogP contribution in [-0.2, 0) is 9.63 Å². The van der Waals surface area contributed by atoms with Gasteiger partial charge in [-0.2, -0.15) is 0 Å². The van der Waals surface area contributed by atoms with E-state index in [1.165, 1.54) is 5.06 Å². The lowest BCUT2D eigenvalue weighted by atomic mass is 9.99. The van der Waals surface area contributed by atoms with E-state index in [0.717, 1.165) is 25.7 Å². The zero-order chi connectivity index (χ0) is 9.31. The number of hydrogen-bond donors (Lipinski definition) is 1. The van der Waals surface area contributed by atoms with Crippen molar-refractivity contribution in [2.45, 2.75) is 37.7 Å². The fraction of sp³-hybridized carbons (Fsp3) is 0.889. The minimum atomic E-state index is -0.202. The Morgan fingerprint density at radius 2 is 2.15 bits per heavy atom. The van der Waals surface area contributed by atoms with Gasteiger partial charge in [-0.3, -0.25) is 9.63 Å². The molecule has 74 valence electrons. The Labute approximate surface area is 77.4 Å². The van der Waals surface area contributed by atoms with Crippen molar-refractivity contribution in [3.63, 3.8) is 0 Å². The molecule has 1 aliphatic heterocycles. The van der Waals surface area contributed by atoms with Crippen LogP contribution in [-0.4, -0.2) is 34.8 Å². The molecule has 1 saturated heterocycles. The largest absolute Gasteiger partial charge is 0.394 e. The third-order valence-electron chi connectivity index (χ3n) is 2.87. The maximum Gasteiger partial charge on any atom is 0.249 e. The van der Waals surface area contributed by atoms with Crippen LogP contribution >= 0.6 is 0 Å². The molecule has 0 bridgehead atoms. The number of hydrogen-bond acceptors (Lipinski definition) is 3. The summed E-state index contributed by atoms with van der Waals surface area (Å²) in [5, 5.41) is 10.0. The molecule has 0 aromatic carbocycles. The van der Waals surface area contributed by atoms with Gasteiger partial charge in [-0.25, -0.2) is 5.06 Å². The van der Waals surface area contributed by atoms with Gasteiger partial charge in [0.05, 0.1) is 19.6 Å². The Morgan fingerprint density at radius 3 is 2.77 bits per heavy atom. The van der Waals surface area contributed by atoms with Crippen molar-refractivity contribution in [1.82, 2.24) is 5.06 Å². The highest BCUT2D eigenvalue weighted by Crippen LogP contribution is 2.41. The first-order valence-corrected chi connectivity index (χ1v) is 4.86. The second-order valence-electron chi connectivity index (χ2n) is 3.88. The predicted octanol–water partition coefficient (Wildman–Crippen LogP) is 0.455. The van der Waals surface area contributed by atoms with Crippen molar-refractivity contribution in [1.29, 1.82) is 0 Å². The third-order valence-corrected chi connectivity index (χ3v) is 2.87. The summed E-state index contributed by atoms with van der Waals surface area (Å²) in [6, 6.07) is 0. The first-order valence-electron chi connectivity index (χ1n) is 4.86. The number of rotatable bonds is 2. The van der Waals surface area contributed by atoms with Crippen molar-refractivity contribution in [2.75, 3.05) is 13.2 Å². The molecule has 1 amide bonds. The van der Waals surface area contributed by atoms with Crippen LogP contribution in [0.25, 0.3) is 0 Å². The van der Waals surface area contributed by atoms with Crippen LogP contribution in [0.2, 0.25) is 0 Å². The normalized spacial score (nSPS) is 26.2. The summed E-state index contributed by atoms with van der Waals surface area (Å²) in [6.07, 6.45) is 4.79. The van der Waals surface area contributed by atoms with E-state index in [-0.39, 0.29) is 18.1 Å². The third kappa shape index (κ3) is 1.56. The lowest BCUT2D eigenvalue weighted by Crippen LogP contribution is -2.30. The van der Waals surface area contributed by atoms with E-state index in [1.807, 2.05) is 0 Å². The van der Waals surface area contributed by atoms with Crippen molar-refractivity contribution >= 4 is 5.91 Å². The number of hydroxylamine groups is 2. The molecule has 0 radical (unpaired) electrons. The molecule has 0 aromatic heterocycles. The molecular weight excluding hydrogens is 170 g/mol. The molecule has 0 atom stereocenters. The van der Waals surface area contributed by atoms with Crippen molar-refractivity contribution in [2.24, 2.45) is 0 Å². The standard InChI is InChI=1S/C9H15NO3/c11-6-5-10-8(12)7-9(13-10)3-1-2-4-9/h11H,1-7H2. The van der Waals surface area contributed by atoms with Crippen molar-refractivity contribution in [3.8, 4) is 0 Å². The number of carbonyl (C=O) groups excluding carboxylic acids is 1. The SMILES string of the molecule is O=C1CC2(CCCC2)ON1CCO. The zero-order valence-electron chi connectivity index (χ0n) is 7.66. The summed E-state index contributed by atoms with van der Waals surface area (Å²) < 4.78 is 0. The number of carbonyl (C=O) groups is 1. The summed E-state index contributed by atoms with van der Waals surface area (Å²) >= 11 is 0. The summed E-state index contributed by atoms with van der Waals surface area (Å²) in [5.41, 5.74) is -0.202. The van der Waals surface area contributed by atoms with Crippen LogP contribution in [0.5, 0.6) is 0 Å². The molecule has 0 aromatic rings. The minimum absolute atomic E-state index is 0.0240. The summed E-state index contributed by atoms with van der Waals surface area (Å²) in [7, 11) is 0. The molecule has 1 heterocycles. The van der Waals surface area contributed by atoms with E-state index in [4.69, 9.17) is 9.94 Å². The van der Waals surface area contributed by atoms with Gasteiger partial charge in [0.15, 0.2) is 0 Å². The molecule has 1 N–H and O–H groups in total. The maximum atomic E-state index is 11.4. The molecular formula is C9H15NO3. The van der Waals surface area contributed by atoms with Gasteiger partial charge in [0.2, 0.25) is 5.91 Å². The Hall–Kier alpha value is -0.610. The fourth-order valence-corrected chi connectivity index (χ4v) is 2.23. The van der Waals surface area contributed by atoms with Gasteiger partial charge >= 0.3 is 0 Å². The Bertz CT molecular complexity index is 211. The minimum Gasteiger partial charge on any atom is -0.394 e. The van der Waals surface area contributed by atoms with Crippen LogP contribution in [0.3, 0.4) is 0 Å². The molecule has 2 fully saturated rings. The molecule has 4 heteroatoms. The fourth-order valence-electron chi connectivity index (χ4n) is 2.23. The molecule has 1 aliphatic carbocycles. The molecule has 13 heavy (non-hydrogen) atoms. The van der Waals surface area contributed by atoms with Crippen LogP contribution in [0.1, 0.15) is 32.1 Å². The molecule has 4 nitrogen and oxygen atoms in total. The van der Waals surface area contributed by atoms with Crippen LogP contribution in [0.4, 0.5) is 0 Å². The highest BCUT2D eigenvalue weighted by atomic mass is 16.7. The molecule has 2 aliphatic rings. The predicted molar refractivity (Wildman–Crippen MR) is 45.7 cm³/mol. The number of nitrogens with zero attached hydrogens (tertiary/aromatic N) is 1. The van der Waals surface area contributed by atoms with Crippen LogP contribution in [0.15, 0.2) is 0 Å². The van der Waals surface area contributed by atoms with Gasteiger partial charge in [-0.15, -0.1) is 0 Å². The Kier molecular flexibility index (Phi) is 2.26. The van der Waals surface area contributed by atoms with E-state index in [2.05, 4.69) is 0 Å². The highest BCUT2D eigenvalue weighted by Gasteiger charge is 2.46. The quantitative estimate of drug-likeness (QED) is 0.679. The van der Waals surface area contributed by atoms with Gasteiger partial charge in [0.25, 0.3) is 0 Å². The first kappa shape index (κ1) is 8.97. The smallest absolute Gasteiger partial charge is 0.249 e. The van der Waals surface area contributed by atoms with Crippen LogP contribution < -0.4 is 0 Å². The molecule has 0 unspecified atom stereocenters. The maximum absolute atomic E-state index is 11.4. The summed E-state index contributed by atoms with van der Waals surface area (Å²) in [4.78, 5) is 17.0. The number of aliphatic hydroxyl groups is 1. The summed E-state index contributed by atoms with van der Waals surface area (Å²) in [5.74, 6) is 0.0240. The van der Waals surface area contributed by atoms with Crippen LogP contribution in [0, 0.1) is 0 Å². The van der Waals surface area contributed by atoms with E-state index < -0.39 is 0 Å². The van der Waals surface area contributed by atoms with Gasteiger partial charge in [0.1, 0.15) is 5.60 Å². The van der Waals surface area contributed by atoms with Gasteiger partial charge in [-0.1, -0.05) is 12.8 Å². The number of aliphatic hydroxyl groups excluding tert-OH is 1. The topological polar surface area (TPSA) is 49.8 Å². The molecule has 2 rings (SSSR count). The van der Waals surface area contributed by atoms with Gasteiger partial charge < -0.3 is 5.11 Å². The zero-order valence-corrected chi connectivity index (χ0v) is 7.66. The highest BCUT2D eigenvalue weighted by molar-refractivity contribution is 5.78. The summed E-state index contributed by atoms with van der Waals surface area (Å²) in [6.45, 7) is 0.280. The second-order valence-corrected chi connectivity index (χ2v) is 3.88. The first-order chi connectivity index (χ1) is 6.26. The Balaban J connectivity index is 2.01. The van der Waals surface area contributed by atoms with Gasteiger partial charge in [0, 0.05) is 0 Å². The number of amides is 1.